The summed E-state index contributed by atoms with van der Waals surface area (Å²) < 4.78 is 10.5. The Morgan fingerprint density at radius 1 is 0.812 bits per heavy atom. The number of hydrogen-bond donors (Lipinski definition) is 0. The van der Waals surface area contributed by atoms with Crippen LogP contribution in [0.4, 0.5) is 11.6 Å². The zero-order valence-corrected chi connectivity index (χ0v) is 16.7. The van der Waals surface area contributed by atoms with Crippen molar-refractivity contribution >= 4 is 23.5 Å². The lowest BCUT2D eigenvalue weighted by Gasteiger charge is -2.34. The van der Waals surface area contributed by atoms with E-state index >= 15 is 0 Å². The summed E-state index contributed by atoms with van der Waals surface area (Å²) in [5.74, 6) is -1.97. The summed E-state index contributed by atoms with van der Waals surface area (Å²) in [6.45, 7) is 0.112. The number of rotatable bonds is 8. The van der Waals surface area contributed by atoms with Gasteiger partial charge in [0.25, 0.3) is 11.8 Å². The molecule has 168 valence electrons. The number of carbonyl (C=O) groups excluding carboxylic acids is 2. The van der Waals surface area contributed by atoms with Crippen LogP contribution in [-0.4, -0.2) is 80.8 Å². The van der Waals surface area contributed by atoms with Gasteiger partial charge in [0.05, 0.1) is 0 Å². The molecule has 0 aliphatic carbocycles. The maximum Gasteiger partial charge on any atom is 0.406 e. The highest BCUT2D eigenvalue weighted by Gasteiger charge is 2.26. The summed E-state index contributed by atoms with van der Waals surface area (Å²) in [5.41, 5.74) is 0. The molecule has 32 heavy (non-hydrogen) atoms. The third kappa shape index (κ3) is 5.41. The standard InChI is InChI=1S/C18H18N6O8/c25-15(11-31-13-3-1-5-19-17(13)23(27)28)21-7-9-22(10-8-21)16(26)12-32-14-4-2-6-20-18(14)24(29)30/h1-6H,7-12H2. The minimum absolute atomic E-state index is 0.110. The topological polar surface area (TPSA) is 171 Å². The Kier molecular flexibility index (Phi) is 7.05. The van der Waals surface area contributed by atoms with E-state index in [-0.39, 0.29) is 37.7 Å². The quantitative estimate of drug-likeness (QED) is 0.409. The molecule has 2 aromatic rings. The van der Waals surface area contributed by atoms with Gasteiger partial charge >= 0.3 is 11.6 Å². The van der Waals surface area contributed by atoms with Gasteiger partial charge in [0.2, 0.25) is 11.5 Å². The van der Waals surface area contributed by atoms with Crippen molar-refractivity contribution in [1.82, 2.24) is 19.8 Å². The van der Waals surface area contributed by atoms with Crippen LogP contribution < -0.4 is 9.47 Å². The maximum atomic E-state index is 12.4. The molecule has 14 heteroatoms. The summed E-state index contributed by atoms with van der Waals surface area (Å²) in [7, 11) is 0. The predicted octanol–water partition coefficient (Wildman–Crippen LogP) is 0.422. The minimum Gasteiger partial charge on any atom is -0.476 e. The Labute approximate surface area is 180 Å². The third-order valence-electron chi connectivity index (χ3n) is 4.53. The molecule has 0 unspecified atom stereocenters. The second-order valence-corrected chi connectivity index (χ2v) is 6.50. The molecule has 2 amide bonds. The largest absolute Gasteiger partial charge is 0.476 e. The molecule has 0 aromatic carbocycles. The first-order valence-electron chi connectivity index (χ1n) is 9.36. The average molecular weight is 446 g/mol. The van der Waals surface area contributed by atoms with Gasteiger partial charge in [-0.3, -0.25) is 9.59 Å². The van der Waals surface area contributed by atoms with Crippen LogP contribution in [0.15, 0.2) is 36.7 Å². The molecule has 1 aliphatic heterocycles. The van der Waals surface area contributed by atoms with Crippen LogP contribution in [0.3, 0.4) is 0 Å². The van der Waals surface area contributed by atoms with Gasteiger partial charge in [-0.2, -0.15) is 0 Å². The Balaban J connectivity index is 1.46. The Hall–Kier alpha value is -4.36. The molecule has 0 atom stereocenters. The van der Waals surface area contributed by atoms with Gasteiger partial charge < -0.3 is 39.5 Å². The van der Waals surface area contributed by atoms with Crippen LogP contribution in [0.1, 0.15) is 0 Å². The highest BCUT2D eigenvalue weighted by atomic mass is 16.6. The molecule has 1 fully saturated rings. The van der Waals surface area contributed by atoms with Crippen molar-refractivity contribution in [2.75, 3.05) is 39.4 Å². The fourth-order valence-corrected chi connectivity index (χ4v) is 2.93. The SMILES string of the molecule is O=C(COc1cccnc1[N+](=O)[O-])N1CCN(C(=O)COc2cccnc2[N+](=O)[O-])CC1. The van der Waals surface area contributed by atoms with Crippen LogP contribution in [0.25, 0.3) is 0 Å². The zero-order chi connectivity index (χ0) is 23.1. The van der Waals surface area contributed by atoms with Gasteiger partial charge in [0.15, 0.2) is 13.2 Å². The first-order valence-corrected chi connectivity index (χ1v) is 9.36. The van der Waals surface area contributed by atoms with Crippen molar-refractivity contribution in [2.24, 2.45) is 0 Å². The summed E-state index contributed by atoms with van der Waals surface area (Å²) >= 11 is 0. The van der Waals surface area contributed by atoms with Crippen molar-refractivity contribution < 1.29 is 28.9 Å². The van der Waals surface area contributed by atoms with E-state index < -0.39 is 46.5 Å². The number of pyridine rings is 2. The number of piperazine rings is 1. The molecule has 3 rings (SSSR count). The van der Waals surface area contributed by atoms with Gasteiger partial charge in [-0.1, -0.05) is 0 Å². The molecule has 2 aromatic heterocycles. The van der Waals surface area contributed by atoms with Gasteiger partial charge in [0, 0.05) is 26.2 Å². The second-order valence-electron chi connectivity index (χ2n) is 6.50. The molecule has 0 spiro atoms. The van der Waals surface area contributed by atoms with E-state index in [4.69, 9.17) is 9.47 Å². The highest BCUT2D eigenvalue weighted by molar-refractivity contribution is 5.80. The lowest BCUT2D eigenvalue weighted by Crippen LogP contribution is -2.52. The van der Waals surface area contributed by atoms with E-state index in [0.717, 1.165) is 0 Å². The van der Waals surface area contributed by atoms with E-state index in [0.29, 0.717) is 0 Å². The fourth-order valence-electron chi connectivity index (χ4n) is 2.93. The normalized spacial score (nSPS) is 13.4. The number of nitrogens with zero attached hydrogens (tertiary/aromatic N) is 6. The molecule has 1 saturated heterocycles. The Bertz CT molecular complexity index is 943. The van der Waals surface area contributed by atoms with E-state index in [9.17, 15) is 29.8 Å². The summed E-state index contributed by atoms with van der Waals surface area (Å²) in [4.78, 5) is 55.4. The average Bonchev–Trinajstić information content (AvgIpc) is 2.81. The lowest BCUT2D eigenvalue weighted by molar-refractivity contribution is -0.390. The lowest BCUT2D eigenvalue weighted by atomic mass is 10.3. The van der Waals surface area contributed by atoms with Crippen LogP contribution in [0, 0.1) is 20.2 Å². The molecule has 1 aliphatic rings. The van der Waals surface area contributed by atoms with Crippen LogP contribution in [0.2, 0.25) is 0 Å². The van der Waals surface area contributed by atoms with E-state index in [1.54, 1.807) is 0 Å². The van der Waals surface area contributed by atoms with E-state index in [2.05, 4.69) is 9.97 Å². The van der Waals surface area contributed by atoms with E-state index in [1.165, 1.54) is 46.5 Å². The predicted molar refractivity (Wildman–Crippen MR) is 106 cm³/mol. The molecule has 0 bridgehead atoms. The number of hydrogen-bond acceptors (Lipinski definition) is 10. The van der Waals surface area contributed by atoms with Gasteiger partial charge in [-0.25, -0.2) is 0 Å². The van der Waals surface area contributed by atoms with Crippen molar-refractivity contribution in [2.45, 2.75) is 0 Å². The highest BCUT2D eigenvalue weighted by Crippen LogP contribution is 2.24. The summed E-state index contributed by atoms with van der Waals surface area (Å²) in [5, 5.41) is 21.9. The maximum absolute atomic E-state index is 12.4. The second kappa shape index (κ2) is 10.1. The number of nitro groups is 2. The third-order valence-corrected chi connectivity index (χ3v) is 4.53. The van der Waals surface area contributed by atoms with Gasteiger partial charge in [-0.05, 0) is 44.1 Å². The van der Waals surface area contributed by atoms with Gasteiger partial charge in [0.1, 0.15) is 12.4 Å². The van der Waals surface area contributed by atoms with Crippen molar-refractivity contribution in [3.05, 3.63) is 56.9 Å². The first-order chi connectivity index (χ1) is 15.4. The smallest absolute Gasteiger partial charge is 0.406 e. The summed E-state index contributed by atoms with van der Waals surface area (Å²) in [6, 6.07) is 5.61. The molecular formula is C18H18N6O8. The van der Waals surface area contributed by atoms with Crippen molar-refractivity contribution in [1.29, 1.82) is 0 Å². The van der Waals surface area contributed by atoms with Gasteiger partial charge in [-0.15, -0.1) is 0 Å². The van der Waals surface area contributed by atoms with Crippen LogP contribution >= 0.6 is 0 Å². The Morgan fingerprint density at radius 2 is 1.19 bits per heavy atom. The molecule has 0 saturated carbocycles. The Morgan fingerprint density at radius 3 is 1.53 bits per heavy atom. The van der Waals surface area contributed by atoms with Crippen LogP contribution in [-0.2, 0) is 9.59 Å². The van der Waals surface area contributed by atoms with Crippen molar-refractivity contribution in [3.63, 3.8) is 0 Å². The number of carbonyl (C=O) groups is 2. The van der Waals surface area contributed by atoms with E-state index in [1.807, 2.05) is 0 Å². The van der Waals surface area contributed by atoms with Crippen molar-refractivity contribution in [3.8, 4) is 11.5 Å². The molecule has 0 radical (unpaired) electrons. The molecular weight excluding hydrogens is 428 g/mol. The number of ether oxygens (including phenoxy) is 2. The first kappa shape index (κ1) is 22.3. The monoisotopic (exact) mass is 446 g/mol. The van der Waals surface area contributed by atoms with Crippen LogP contribution in [0.5, 0.6) is 11.5 Å². The summed E-state index contributed by atoms with van der Waals surface area (Å²) in [6.07, 6.45) is 2.50. The molecule has 3 heterocycles. The number of amides is 2. The fraction of sp³-hybridized carbons (Fsp3) is 0.333. The minimum atomic E-state index is -0.702. The molecule has 14 nitrogen and oxygen atoms in total. The zero-order valence-electron chi connectivity index (χ0n) is 16.7. The number of aromatic nitrogens is 2. The molecule has 0 N–H and O–H groups in total.